The number of aliphatic hydroxyl groups is 1. The SMILES string of the molecule is COc1cc(N(C)C)c(OC)cc1C(N)CO. The summed E-state index contributed by atoms with van der Waals surface area (Å²) >= 11 is 0. The normalized spacial score (nSPS) is 12.1. The van der Waals surface area contributed by atoms with Crippen LogP contribution in [0.15, 0.2) is 12.1 Å². The van der Waals surface area contributed by atoms with Crippen LogP contribution in [0.3, 0.4) is 0 Å². The summed E-state index contributed by atoms with van der Waals surface area (Å²) < 4.78 is 10.6. The number of rotatable bonds is 5. The fraction of sp³-hybridized carbons (Fsp3) is 0.500. The molecule has 17 heavy (non-hydrogen) atoms. The molecule has 0 radical (unpaired) electrons. The van der Waals surface area contributed by atoms with Gasteiger partial charge in [-0.3, -0.25) is 0 Å². The smallest absolute Gasteiger partial charge is 0.142 e. The predicted octanol–water partition coefficient (Wildman–Crippen LogP) is 0.762. The molecule has 0 bridgehead atoms. The minimum absolute atomic E-state index is 0.138. The van der Waals surface area contributed by atoms with Crippen molar-refractivity contribution in [1.29, 1.82) is 0 Å². The highest BCUT2D eigenvalue weighted by Gasteiger charge is 2.16. The zero-order chi connectivity index (χ0) is 13.0. The Labute approximate surface area is 102 Å². The van der Waals surface area contributed by atoms with Crippen molar-refractivity contribution in [1.82, 2.24) is 0 Å². The standard InChI is InChI=1S/C12H20N2O3/c1-14(2)10-6-11(16-3)8(9(13)7-15)5-12(10)17-4/h5-6,9,15H,7,13H2,1-4H3. The maximum atomic E-state index is 9.12. The van der Waals surface area contributed by atoms with Gasteiger partial charge in [-0.05, 0) is 6.07 Å². The number of methoxy groups -OCH3 is 2. The predicted molar refractivity (Wildman–Crippen MR) is 67.9 cm³/mol. The first-order valence-electron chi connectivity index (χ1n) is 5.34. The molecular formula is C12H20N2O3. The first-order valence-corrected chi connectivity index (χ1v) is 5.34. The van der Waals surface area contributed by atoms with E-state index in [2.05, 4.69) is 0 Å². The first-order chi connectivity index (χ1) is 8.04. The van der Waals surface area contributed by atoms with Crippen molar-refractivity contribution in [2.45, 2.75) is 6.04 Å². The summed E-state index contributed by atoms with van der Waals surface area (Å²) in [5, 5.41) is 9.12. The average Bonchev–Trinajstić information content (AvgIpc) is 2.35. The number of hydrogen-bond acceptors (Lipinski definition) is 5. The Kier molecular flexibility index (Phi) is 4.60. The van der Waals surface area contributed by atoms with E-state index in [9.17, 15) is 0 Å². The molecule has 5 nitrogen and oxygen atoms in total. The highest BCUT2D eigenvalue weighted by atomic mass is 16.5. The molecule has 3 N–H and O–H groups in total. The van der Waals surface area contributed by atoms with E-state index in [1.807, 2.05) is 25.1 Å². The van der Waals surface area contributed by atoms with Crippen LogP contribution in [0.5, 0.6) is 11.5 Å². The molecule has 0 aliphatic rings. The number of nitrogens with zero attached hydrogens (tertiary/aromatic N) is 1. The Morgan fingerprint density at radius 1 is 1.24 bits per heavy atom. The number of hydrogen-bond donors (Lipinski definition) is 2. The van der Waals surface area contributed by atoms with Crippen molar-refractivity contribution in [3.63, 3.8) is 0 Å². The van der Waals surface area contributed by atoms with E-state index in [0.29, 0.717) is 11.5 Å². The van der Waals surface area contributed by atoms with E-state index >= 15 is 0 Å². The van der Waals surface area contributed by atoms with Gasteiger partial charge in [0, 0.05) is 25.7 Å². The van der Waals surface area contributed by atoms with Crippen LogP contribution in [-0.4, -0.2) is 40.0 Å². The lowest BCUT2D eigenvalue weighted by Crippen LogP contribution is -2.17. The molecule has 5 heteroatoms. The minimum Gasteiger partial charge on any atom is -0.496 e. The fourth-order valence-corrected chi connectivity index (χ4v) is 1.64. The fourth-order valence-electron chi connectivity index (χ4n) is 1.64. The van der Waals surface area contributed by atoms with Crippen LogP contribution in [0, 0.1) is 0 Å². The van der Waals surface area contributed by atoms with Gasteiger partial charge >= 0.3 is 0 Å². The van der Waals surface area contributed by atoms with Crippen molar-refractivity contribution in [2.24, 2.45) is 5.73 Å². The van der Waals surface area contributed by atoms with Crippen LogP contribution in [0.25, 0.3) is 0 Å². The van der Waals surface area contributed by atoms with Crippen LogP contribution in [0.2, 0.25) is 0 Å². The third kappa shape index (κ3) is 2.81. The molecule has 0 aliphatic carbocycles. The third-order valence-corrected chi connectivity index (χ3v) is 2.61. The zero-order valence-corrected chi connectivity index (χ0v) is 10.7. The second-order valence-corrected chi connectivity index (χ2v) is 3.95. The van der Waals surface area contributed by atoms with Crippen molar-refractivity contribution in [3.8, 4) is 11.5 Å². The summed E-state index contributed by atoms with van der Waals surface area (Å²) in [5.74, 6) is 1.35. The maximum absolute atomic E-state index is 9.12. The largest absolute Gasteiger partial charge is 0.496 e. The summed E-state index contributed by atoms with van der Waals surface area (Å²) in [7, 11) is 7.02. The van der Waals surface area contributed by atoms with Gasteiger partial charge in [0.25, 0.3) is 0 Å². The molecule has 0 fully saturated rings. The van der Waals surface area contributed by atoms with E-state index in [0.717, 1.165) is 11.3 Å². The highest BCUT2D eigenvalue weighted by molar-refractivity contribution is 5.63. The summed E-state index contributed by atoms with van der Waals surface area (Å²) in [5.41, 5.74) is 7.46. The summed E-state index contributed by atoms with van der Waals surface area (Å²) in [6.45, 7) is -0.138. The number of benzene rings is 1. The third-order valence-electron chi connectivity index (χ3n) is 2.61. The number of aliphatic hydroxyl groups excluding tert-OH is 1. The molecule has 1 rings (SSSR count). The topological polar surface area (TPSA) is 68.0 Å². The molecule has 0 saturated heterocycles. The van der Waals surface area contributed by atoms with Crippen LogP contribution in [0.4, 0.5) is 5.69 Å². The zero-order valence-electron chi connectivity index (χ0n) is 10.7. The van der Waals surface area contributed by atoms with Crippen molar-refractivity contribution < 1.29 is 14.6 Å². The number of ether oxygens (including phenoxy) is 2. The Morgan fingerprint density at radius 3 is 2.24 bits per heavy atom. The molecule has 1 atom stereocenters. The van der Waals surface area contributed by atoms with Gasteiger partial charge in [-0.15, -0.1) is 0 Å². The number of nitrogens with two attached hydrogens (primary N) is 1. The molecule has 0 amide bonds. The minimum atomic E-state index is -0.477. The van der Waals surface area contributed by atoms with Crippen LogP contribution >= 0.6 is 0 Å². The Balaban J connectivity index is 3.32. The molecule has 0 aromatic heterocycles. The van der Waals surface area contributed by atoms with E-state index in [1.165, 1.54) is 0 Å². The molecule has 96 valence electrons. The van der Waals surface area contributed by atoms with Crippen molar-refractivity contribution >= 4 is 5.69 Å². The quantitative estimate of drug-likeness (QED) is 0.795. The lowest BCUT2D eigenvalue weighted by atomic mass is 10.1. The summed E-state index contributed by atoms with van der Waals surface area (Å²) in [6.07, 6.45) is 0. The highest BCUT2D eigenvalue weighted by Crippen LogP contribution is 2.36. The van der Waals surface area contributed by atoms with Gasteiger partial charge in [0.2, 0.25) is 0 Å². The Hall–Kier alpha value is -1.46. The van der Waals surface area contributed by atoms with E-state index in [-0.39, 0.29) is 6.61 Å². The maximum Gasteiger partial charge on any atom is 0.142 e. The lowest BCUT2D eigenvalue weighted by Gasteiger charge is -2.21. The van der Waals surface area contributed by atoms with Crippen molar-refractivity contribution in [2.75, 3.05) is 39.8 Å². The van der Waals surface area contributed by atoms with Gasteiger partial charge in [-0.1, -0.05) is 0 Å². The van der Waals surface area contributed by atoms with Crippen LogP contribution in [-0.2, 0) is 0 Å². The molecule has 0 aliphatic heterocycles. The second kappa shape index (κ2) is 5.75. The lowest BCUT2D eigenvalue weighted by molar-refractivity contribution is 0.264. The Bertz CT molecular complexity index is 380. The van der Waals surface area contributed by atoms with E-state index in [1.54, 1.807) is 20.3 Å². The first kappa shape index (κ1) is 13.6. The van der Waals surface area contributed by atoms with Crippen LogP contribution in [0.1, 0.15) is 11.6 Å². The summed E-state index contributed by atoms with van der Waals surface area (Å²) in [6, 6.07) is 3.17. The summed E-state index contributed by atoms with van der Waals surface area (Å²) in [4.78, 5) is 1.93. The molecule has 1 aromatic carbocycles. The second-order valence-electron chi connectivity index (χ2n) is 3.95. The Morgan fingerprint density at radius 2 is 1.82 bits per heavy atom. The van der Waals surface area contributed by atoms with E-state index < -0.39 is 6.04 Å². The van der Waals surface area contributed by atoms with Gasteiger partial charge in [0.15, 0.2) is 0 Å². The van der Waals surface area contributed by atoms with Gasteiger partial charge in [-0.25, -0.2) is 0 Å². The van der Waals surface area contributed by atoms with Gasteiger partial charge < -0.3 is 25.2 Å². The van der Waals surface area contributed by atoms with Gasteiger partial charge in [0.05, 0.1) is 32.6 Å². The molecular weight excluding hydrogens is 220 g/mol. The molecule has 1 aromatic rings. The van der Waals surface area contributed by atoms with Crippen molar-refractivity contribution in [3.05, 3.63) is 17.7 Å². The van der Waals surface area contributed by atoms with Crippen LogP contribution < -0.4 is 20.1 Å². The molecule has 0 heterocycles. The average molecular weight is 240 g/mol. The molecule has 0 saturated carbocycles. The van der Waals surface area contributed by atoms with E-state index in [4.69, 9.17) is 20.3 Å². The molecule has 0 spiro atoms. The monoisotopic (exact) mass is 240 g/mol. The molecule has 1 unspecified atom stereocenters. The van der Waals surface area contributed by atoms with Gasteiger partial charge in [-0.2, -0.15) is 0 Å². The van der Waals surface area contributed by atoms with Gasteiger partial charge in [0.1, 0.15) is 11.5 Å². The number of anilines is 1.